The molecule has 1 aliphatic rings. The Morgan fingerprint density at radius 2 is 1.85 bits per heavy atom. The molecule has 3 nitrogen and oxygen atoms in total. The Labute approximate surface area is 162 Å². The molecule has 1 aromatic heterocycles. The predicted octanol–water partition coefficient (Wildman–Crippen LogP) is 4.91. The van der Waals surface area contributed by atoms with Gasteiger partial charge < -0.3 is 9.88 Å². The Kier molecular flexibility index (Phi) is 5.11. The Morgan fingerprint density at radius 1 is 1.08 bits per heavy atom. The fourth-order valence-corrected chi connectivity index (χ4v) is 4.01. The van der Waals surface area contributed by atoms with Gasteiger partial charge in [-0.15, -0.1) is 0 Å². The Hall–Kier alpha value is -2.07. The molecule has 134 valence electrons. The number of carbonyl (C=O) groups excluding carboxylic acids is 1. The summed E-state index contributed by atoms with van der Waals surface area (Å²) in [7, 11) is 0. The van der Waals surface area contributed by atoms with E-state index in [2.05, 4.69) is 74.5 Å². The third kappa shape index (κ3) is 3.56. The minimum absolute atomic E-state index is 0.230. The number of halogens is 1. The average molecular weight is 411 g/mol. The third-order valence-corrected chi connectivity index (χ3v) is 6.11. The van der Waals surface area contributed by atoms with Gasteiger partial charge in [0.15, 0.2) is 0 Å². The molecule has 0 spiro atoms. The molecule has 3 aromatic rings. The van der Waals surface area contributed by atoms with Crippen LogP contribution in [0, 0.1) is 5.92 Å². The van der Waals surface area contributed by atoms with Gasteiger partial charge >= 0.3 is 0 Å². The second-order valence-corrected chi connectivity index (χ2v) is 7.91. The molecule has 0 bridgehead atoms. The zero-order valence-corrected chi connectivity index (χ0v) is 16.3. The highest BCUT2D eigenvalue weighted by Crippen LogP contribution is 2.27. The van der Waals surface area contributed by atoms with Gasteiger partial charge in [-0.3, -0.25) is 4.79 Å². The maximum atomic E-state index is 12.0. The molecule has 0 radical (unpaired) electrons. The first-order valence-electron chi connectivity index (χ1n) is 9.30. The average Bonchev–Trinajstić information content (AvgIpc) is 2.94. The minimum Gasteiger partial charge on any atom is -0.356 e. The lowest BCUT2D eigenvalue weighted by atomic mass is 9.85. The molecule has 4 heteroatoms. The number of rotatable bonds is 6. The molecule has 0 unspecified atom stereocenters. The van der Waals surface area contributed by atoms with E-state index in [1.54, 1.807) is 0 Å². The number of nitrogens with zero attached hydrogens (tertiary/aromatic N) is 1. The maximum Gasteiger partial charge on any atom is 0.223 e. The van der Waals surface area contributed by atoms with Crippen LogP contribution in [0.25, 0.3) is 10.9 Å². The highest BCUT2D eigenvalue weighted by Gasteiger charge is 2.24. The molecule has 1 N–H and O–H groups in total. The zero-order valence-electron chi connectivity index (χ0n) is 14.7. The van der Waals surface area contributed by atoms with Crippen LogP contribution in [0.4, 0.5) is 0 Å². The molecule has 0 aliphatic heterocycles. The number of carbonyl (C=O) groups is 1. The lowest BCUT2D eigenvalue weighted by molar-refractivity contribution is -0.127. The fourth-order valence-electron chi connectivity index (χ4n) is 3.60. The van der Waals surface area contributed by atoms with E-state index in [1.807, 2.05) is 6.07 Å². The van der Waals surface area contributed by atoms with E-state index in [0.29, 0.717) is 6.54 Å². The van der Waals surface area contributed by atoms with E-state index in [4.69, 9.17) is 0 Å². The molecule has 2 aromatic carbocycles. The summed E-state index contributed by atoms with van der Waals surface area (Å²) >= 11 is 3.65. The van der Waals surface area contributed by atoms with Gasteiger partial charge in [0.05, 0.1) is 0 Å². The normalized spacial score (nSPS) is 14.3. The van der Waals surface area contributed by atoms with Crippen LogP contribution in [0.1, 0.15) is 30.4 Å². The topological polar surface area (TPSA) is 34.0 Å². The summed E-state index contributed by atoms with van der Waals surface area (Å²) in [6.07, 6.45) is 6.40. The van der Waals surface area contributed by atoms with Gasteiger partial charge in [-0.05, 0) is 42.5 Å². The van der Waals surface area contributed by atoms with Gasteiger partial charge in [-0.2, -0.15) is 0 Å². The van der Waals surface area contributed by atoms with E-state index in [-0.39, 0.29) is 11.8 Å². The summed E-state index contributed by atoms with van der Waals surface area (Å²) in [6, 6.07) is 16.9. The van der Waals surface area contributed by atoms with Crippen LogP contribution in [0.15, 0.2) is 59.2 Å². The van der Waals surface area contributed by atoms with Gasteiger partial charge in [0.1, 0.15) is 0 Å². The van der Waals surface area contributed by atoms with Crippen molar-refractivity contribution in [2.75, 3.05) is 6.54 Å². The summed E-state index contributed by atoms with van der Waals surface area (Å²) in [6.45, 7) is 1.54. The number of hydrogen-bond acceptors (Lipinski definition) is 1. The quantitative estimate of drug-likeness (QED) is 0.615. The first-order chi connectivity index (χ1) is 12.7. The van der Waals surface area contributed by atoms with Crippen molar-refractivity contribution >= 4 is 32.7 Å². The fraction of sp³-hybridized carbons (Fsp3) is 0.318. The molecule has 1 aliphatic carbocycles. The van der Waals surface area contributed by atoms with Gasteiger partial charge in [0.25, 0.3) is 0 Å². The molecule has 0 atom stereocenters. The van der Waals surface area contributed by atoms with E-state index >= 15 is 0 Å². The van der Waals surface area contributed by atoms with Gasteiger partial charge in [-0.1, -0.05) is 58.7 Å². The molecule has 26 heavy (non-hydrogen) atoms. The summed E-state index contributed by atoms with van der Waals surface area (Å²) in [4.78, 5) is 12.0. The smallest absolute Gasteiger partial charge is 0.223 e. The summed E-state index contributed by atoms with van der Waals surface area (Å²) in [5, 5.41) is 4.39. The van der Waals surface area contributed by atoms with E-state index in [1.165, 1.54) is 28.5 Å². The van der Waals surface area contributed by atoms with Crippen molar-refractivity contribution in [3.8, 4) is 0 Å². The number of benzene rings is 2. The SMILES string of the molecule is O=C(NCCc1cn(Cc2ccccc2Br)c2ccccc12)C1CCC1. The lowest BCUT2D eigenvalue weighted by Gasteiger charge is -2.23. The van der Waals surface area contributed by atoms with Crippen LogP contribution in [-0.4, -0.2) is 17.0 Å². The number of fused-ring (bicyclic) bond motifs is 1. The monoisotopic (exact) mass is 410 g/mol. The molecule has 1 heterocycles. The van der Waals surface area contributed by atoms with Crippen LogP contribution in [-0.2, 0) is 17.8 Å². The summed E-state index contributed by atoms with van der Waals surface area (Å²) < 4.78 is 3.44. The second kappa shape index (κ2) is 7.67. The van der Waals surface area contributed by atoms with Crippen LogP contribution in [0.3, 0.4) is 0 Å². The predicted molar refractivity (Wildman–Crippen MR) is 109 cm³/mol. The standard InChI is InChI=1S/C22H23BrN2O/c23-20-10-3-1-6-18(20)15-25-14-17(19-9-2-4-11-21(19)25)12-13-24-22(26)16-7-5-8-16/h1-4,6,9-11,14,16H,5,7-8,12-13,15H2,(H,24,26). The van der Waals surface area contributed by atoms with Gasteiger partial charge in [0.2, 0.25) is 5.91 Å². The van der Waals surface area contributed by atoms with Crippen molar-refractivity contribution in [3.63, 3.8) is 0 Å². The van der Waals surface area contributed by atoms with E-state index in [0.717, 1.165) is 30.3 Å². The highest BCUT2D eigenvalue weighted by molar-refractivity contribution is 9.10. The lowest BCUT2D eigenvalue weighted by Crippen LogP contribution is -2.35. The third-order valence-electron chi connectivity index (χ3n) is 5.34. The molecular formula is C22H23BrN2O. The Balaban J connectivity index is 1.52. The van der Waals surface area contributed by atoms with Crippen LogP contribution in [0.2, 0.25) is 0 Å². The number of nitrogens with one attached hydrogen (secondary N) is 1. The van der Waals surface area contributed by atoms with Crippen LogP contribution < -0.4 is 5.32 Å². The Morgan fingerprint density at radius 3 is 2.62 bits per heavy atom. The molecule has 0 saturated heterocycles. The van der Waals surface area contributed by atoms with Crippen molar-refractivity contribution in [2.24, 2.45) is 5.92 Å². The van der Waals surface area contributed by atoms with E-state index in [9.17, 15) is 4.79 Å². The largest absolute Gasteiger partial charge is 0.356 e. The maximum absolute atomic E-state index is 12.0. The molecule has 4 rings (SSSR count). The molecule has 1 saturated carbocycles. The van der Waals surface area contributed by atoms with Crippen molar-refractivity contribution in [3.05, 3.63) is 70.3 Å². The summed E-state index contributed by atoms with van der Waals surface area (Å²) in [5.41, 5.74) is 3.79. The van der Waals surface area contributed by atoms with Crippen molar-refractivity contribution < 1.29 is 4.79 Å². The minimum atomic E-state index is 0.230. The number of hydrogen-bond donors (Lipinski definition) is 1. The Bertz CT molecular complexity index is 927. The van der Waals surface area contributed by atoms with Crippen LogP contribution in [0.5, 0.6) is 0 Å². The van der Waals surface area contributed by atoms with Crippen LogP contribution >= 0.6 is 15.9 Å². The van der Waals surface area contributed by atoms with Crippen molar-refractivity contribution in [1.82, 2.24) is 9.88 Å². The van der Waals surface area contributed by atoms with Gasteiger partial charge in [0, 0.05) is 40.6 Å². The number of amides is 1. The molecular weight excluding hydrogens is 388 g/mol. The number of aromatic nitrogens is 1. The summed E-state index contributed by atoms with van der Waals surface area (Å²) in [5.74, 6) is 0.486. The first kappa shape index (κ1) is 17.3. The van der Waals surface area contributed by atoms with Crippen molar-refractivity contribution in [2.45, 2.75) is 32.2 Å². The number of para-hydroxylation sites is 1. The first-order valence-corrected chi connectivity index (χ1v) is 10.1. The van der Waals surface area contributed by atoms with Gasteiger partial charge in [-0.25, -0.2) is 0 Å². The van der Waals surface area contributed by atoms with E-state index < -0.39 is 0 Å². The zero-order chi connectivity index (χ0) is 17.9. The van der Waals surface area contributed by atoms with Crippen molar-refractivity contribution in [1.29, 1.82) is 0 Å². The molecule has 1 fully saturated rings. The highest BCUT2D eigenvalue weighted by atomic mass is 79.9. The molecule has 1 amide bonds. The second-order valence-electron chi connectivity index (χ2n) is 7.06.